The Bertz CT molecular complexity index is 798. The van der Waals surface area contributed by atoms with Crippen LogP contribution in [0.1, 0.15) is 21.7 Å². The van der Waals surface area contributed by atoms with Gasteiger partial charge in [0.15, 0.2) is 18.1 Å². The third-order valence-electron chi connectivity index (χ3n) is 3.73. The minimum absolute atomic E-state index is 0.263. The van der Waals surface area contributed by atoms with E-state index in [-0.39, 0.29) is 5.56 Å². The van der Waals surface area contributed by atoms with E-state index in [2.05, 4.69) is 10.4 Å². The van der Waals surface area contributed by atoms with Crippen LogP contribution in [0, 0.1) is 13.8 Å². The Morgan fingerprint density at radius 1 is 1.16 bits per heavy atom. The number of methoxy groups -OCH3 is 2. The monoisotopic (exact) mass is 347 g/mol. The Balaban J connectivity index is 1.98. The number of nitrogens with zero attached hydrogens (tertiary/aromatic N) is 2. The van der Waals surface area contributed by atoms with Crippen molar-refractivity contribution in [1.82, 2.24) is 9.78 Å². The number of carbonyl (C=O) groups excluding carboxylic acids is 2. The smallest absolute Gasteiger partial charge is 0.338 e. The van der Waals surface area contributed by atoms with E-state index < -0.39 is 18.5 Å². The average molecular weight is 347 g/mol. The van der Waals surface area contributed by atoms with E-state index in [9.17, 15) is 9.59 Å². The second-order valence-electron chi connectivity index (χ2n) is 5.36. The summed E-state index contributed by atoms with van der Waals surface area (Å²) in [6.07, 6.45) is 0. The van der Waals surface area contributed by atoms with Crippen LogP contribution in [0.3, 0.4) is 0 Å². The summed E-state index contributed by atoms with van der Waals surface area (Å²) in [5, 5.41) is 6.91. The van der Waals surface area contributed by atoms with Gasteiger partial charge in [0, 0.05) is 7.05 Å². The molecule has 0 fully saturated rings. The van der Waals surface area contributed by atoms with Crippen molar-refractivity contribution < 1.29 is 23.8 Å². The van der Waals surface area contributed by atoms with E-state index in [0.29, 0.717) is 22.9 Å². The molecular weight excluding hydrogens is 326 g/mol. The van der Waals surface area contributed by atoms with Crippen molar-refractivity contribution in [2.75, 3.05) is 26.1 Å². The zero-order valence-electron chi connectivity index (χ0n) is 14.9. The highest BCUT2D eigenvalue weighted by molar-refractivity contribution is 5.96. The third kappa shape index (κ3) is 4.09. The molecule has 1 heterocycles. The number of esters is 1. The average Bonchev–Trinajstić information content (AvgIpc) is 2.85. The Morgan fingerprint density at radius 2 is 1.84 bits per heavy atom. The van der Waals surface area contributed by atoms with Crippen LogP contribution in [-0.4, -0.2) is 42.5 Å². The molecule has 0 atom stereocenters. The van der Waals surface area contributed by atoms with Gasteiger partial charge in [-0.2, -0.15) is 5.10 Å². The first kappa shape index (κ1) is 18.3. The van der Waals surface area contributed by atoms with Crippen molar-refractivity contribution in [2.45, 2.75) is 13.8 Å². The van der Waals surface area contributed by atoms with Crippen LogP contribution in [0.25, 0.3) is 0 Å². The third-order valence-corrected chi connectivity index (χ3v) is 3.73. The molecule has 8 heteroatoms. The first-order valence-electron chi connectivity index (χ1n) is 7.56. The van der Waals surface area contributed by atoms with Crippen LogP contribution in [-0.2, 0) is 16.6 Å². The summed E-state index contributed by atoms with van der Waals surface area (Å²) >= 11 is 0. The lowest BCUT2D eigenvalue weighted by atomic mass is 10.2. The van der Waals surface area contributed by atoms with Crippen molar-refractivity contribution >= 4 is 17.6 Å². The number of aromatic nitrogens is 2. The molecule has 2 rings (SSSR count). The maximum Gasteiger partial charge on any atom is 0.338 e. The lowest BCUT2D eigenvalue weighted by Gasteiger charge is -2.10. The van der Waals surface area contributed by atoms with E-state index in [1.807, 2.05) is 6.92 Å². The molecule has 0 aliphatic rings. The number of amides is 1. The molecule has 0 unspecified atom stereocenters. The van der Waals surface area contributed by atoms with Gasteiger partial charge < -0.3 is 19.5 Å². The van der Waals surface area contributed by atoms with Crippen LogP contribution in [0.4, 0.5) is 5.69 Å². The van der Waals surface area contributed by atoms with E-state index in [1.54, 1.807) is 24.7 Å². The van der Waals surface area contributed by atoms with Gasteiger partial charge in [0.05, 0.1) is 36.9 Å². The van der Waals surface area contributed by atoms with E-state index in [0.717, 1.165) is 5.69 Å². The van der Waals surface area contributed by atoms with Gasteiger partial charge in [-0.05, 0) is 32.0 Å². The Labute approximate surface area is 145 Å². The molecule has 0 aliphatic heterocycles. The number of ether oxygens (including phenoxy) is 3. The quantitative estimate of drug-likeness (QED) is 0.802. The predicted octanol–water partition coefficient (Wildman–Crippen LogP) is 1.85. The highest BCUT2D eigenvalue weighted by atomic mass is 16.5. The number of benzene rings is 1. The van der Waals surface area contributed by atoms with Gasteiger partial charge in [-0.25, -0.2) is 4.79 Å². The maximum atomic E-state index is 12.1. The first-order valence-corrected chi connectivity index (χ1v) is 7.56. The normalized spacial score (nSPS) is 10.3. The summed E-state index contributed by atoms with van der Waals surface area (Å²) in [6, 6.07) is 4.63. The highest BCUT2D eigenvalue weighted by Gasteiger charge is 2.16. The second-order valence-corrected chi connectivity index (χ2v) is 5.36. The fourth-order valence-corrected chi connectivity index (χ4v) is 2.31. The topological polar surface area (TPSA) is 91.7 Å². The molecule has 0 bridgehead atoms. The number of anilines is 1. The van der Waals surface area contributed by atoms with Crippen LogP contribution in [0.2, 0.25) is 0 Å². The number of aryl methyl sites for hydroxylation is 2. The molecule has 0 aliphatic carbocycles. The van der Waals surface area contributed by atoms with Crippen molar-refractivity contribution in [1.29, 1.82) is 0 Å². The molecule has 8 nitrogen and oxygen atoms in total. The van der Waals surface area contributed by atoms with Crippen LogP contribution < -0.4 is 14.8 Å². The van der Waals surface area contributed by atoms with Crippen molar-refractivity contribution in [3.8, 4) is 11.5 Å². The Kier molecular flexibility index (Phi) is 5.63. The van der Waals surface area contributed by atoms with Gasteiger partial charge in [-0.15, -0.1) is 0 Å². The molecule has 1 aromatic carbocycles. The van der Waals surface area contributed by atoms with Gasteiger partial charge in [0.1, 0.15) is 0 Å². The molecular formula is C17H21N3O5. The second kappa shape index (κ2) is 7.69. The molecule has 0 radical (unpaired) electrons. The highest BCUT2D eigenvalue weighted by Crippen LogP contribution is 2.27. The standard InChI is InChI=1S/C17H21N3O5/c1-10-16(11(2)20(3)19-10)18-15(21)9-25-17(22)12-6-7-13(23-4)14(8-12)24-5/h6-8H,9H2,1-5H3,(H,18,21). The predicted molar refractivity (Wildman–Crippen MR) is 91.1 cm³/mol. The number of hydrogen-bond acceptors (Lipinski definition) is 6. The SMILES string of the molecule is COc1ccc(C(=O)OCC(=O)Nc2c(C)nn(C)c2C)cc1OC. The first-order chi connectivity index (χ1) is 11.9. The summed E-state index contributed by atoms with van der Waals surface area (Å²) in [6.45, 7) is 3.23. The summed E-state index contributed by atoms with van der Waals surface area (Å²) in [7, 11) is 4.76. The van der Waals surface area contributed by atoms with Crippen molar-refractivity contribution in [3.05, 3.63) is 35.2 Å². The van der Waals surface area contributed by atoms with Gasteiger partial charge in [-0.3, -0.25) is 9.48 Å². The van der Waals surface area contributed by atoms with E-state index >= 15 is 0 Å². The molecule has 0 spiro atoms. The maximum absolute atomic E-state index is 12.1. The van der Waals surface area contributed by atoms with Crippen molar-refractivity contribution in [2.24, 2.45) is 7.05 Å². The molecule has 0 saturated heterocycles. The Morgan fingerprint density at radius 3 is 2.40 bits per heavy atom. The van der Waals surface area contributed by atoms with Gasteiger partial charge in [0.25, 0.3) is 5.91 Å². The lowest BCUT2D eigenvalue weighted by molar-refractivity contribution is -0.119. The fraction of sp³-hybridized carbons (Fsp3) is 0.353. The van der Waals surface area contributed by atoms with Gasteiger partial charge in [-0.1, -0.05) is 0 Å². The molecule has 25 heavy (non-hydrogen) atoms. The summed E-state index contributed by atoms with van der Waals surface area (Å²) in [5.74, 6) is -0.161. The molecule has 1 amide bonds. The zero-order valence-corrected chi connectivity index (χ0v) is 14.9. The lowest BCUT2D eigenvalue weighted by Crippen LogP contribution is -2.21. The van der Waals surface area contributed by atoms with Crippen LogP contribution >= 0.6 is 0 Å². The summed E-state index contributed by atoms with van der Waals surface area (Å²) < 4.78 is 17.0. The van der Waals surface area contributed by atoms with Crippen LogP contribution in [0.15, 0.2) is 18.2 Å². The summed E-state index contributed by atoms with van der Waals surface area (Å²) in [5.41, 5.74) is 2.39. The number of nitrogens with one attached hydrogen (secondary N) is 1. The van der Waals surface area contributed by atoms with Gasteiger partial charge in [0.2, 0.25) is 0 Å². The molecule has 0 saturated carbocycles. The summed E-state index contributed by atoms with van der Waals surface area (Å²) in [4.78, 5) is 24.1. The van der Waals surface area contributed by atoms with E-state index in [4.69, 9.17) is 14.2 Å². The fourth-order valence-electron chi connectivity index (χ4n) is 2.31. The molecule has 134 valence electrons. The van der Waals surface area contributed by atoms with Gasteiger partial charge >= 0.3 is 5.97 Å². The van der Waals surface area contributed by atoms with Crippen molar-refractivity contribution in [3.63, 3.8) is 0 Å². The Hall–Kier alpha value is -3.03. The molecule has 2 aromatic rings. The number of rotatable bonds is 6. The number of carbonyl (C=O) groups is 2. The van der Waals surface area contributed by atoms with E-state index in [1.165, 1.54) is 26.4 Å². The molecule has 1 aromatic heterocycles. The minimum Gasteiger partial charge on any atom is -0.493 e. The minimum atomic E-state index is -0.629. The molecule has 1 N–H and O–H groups in total. The van der Waals surface area contributed by atoms with Crippen LogP contribution in [0.5, 0.6) is 11.5 Å². The zero-order chi connectivity index (χ0) is 18.6. The number of hydrogen-bond donors (Lipinski definition) is 1. The largest absolute Gasteiger partial charge is 0.493 e.